The first-order chi connectivity index (χ1) is 33.3. The van der Waals surface area contributed by atoms with Gasteiger partial charge in [0.1, 0.15) is 84.4 Å². The number of anilines is 3. The zero-order chi connectivity index (χ0) is 49.9. The molecule has 0 bridgehead atoms. The van der Waals surface area contributed by atoms with Crippen LogP contribution in [0.5, 0.6) is 0 Å². The average Bonchev–Trinajstić information content (AvgIpc) is 4.19. The van der Waals surface area contributed by atoms with Gasteiger partial charge in [-0.1, -0.05) is 0 Å². The highest BCUT2D eigenvalue weighted by molar-refractivity contribution is 8.07. The minimum atomic E-state index is -4.38. The van der Waals surface area contributed by atoms with E-state index in [0.717, 1.165) is 7.11 Å². The highest BCUT2D eigenvalue weighted by Crippen LogP contribution is 2.54. The van der Waals surface area contributed by atoms with Gasteiger partial charge in [0.25, 0.3) is 0 Å². The molecule has 6 aromatic rings. The van der Waals surface area contributed by atoms with Crippen molar-refractivity contribution >= 4 is 95.6 Å². The van der Waals surface area contributed by atoms with Gasteiger partial charge in [-0.2, -0.15) is 0 Å². The van der Waals surface area contributed by atoms with E-state index in [1.54, 1.807) is 0 Å². The maximum Gasteiger partial charge on any atom is 0.327 e. The molecule has 11 N–H and O–H groups in total. The van der Waals surface area contributed by atoms with E-state index in [9.17, 15) is 29.5 Å². The number of fused-ring (bicyclic) bond motifs is 3. The zero-order valence-electron chi connectivity index (χ0n) is 36.7. The Morgan fingerprint density at radius 1 is 0.586 bits per heavy atom. The van der Waals surface area contributed by atoms with E-state index >= 15 is 0 Å². The third-order valence-corrected chi connectivity index (χ3v) is 16.2. The first-order valence-electron chi connectivity index (χ1n) is 20.7. The largest absolute Gasteiger partial charge is 0.387 e. The molecule has 9 rings (SSSR count). The number of hydrogen-bond donors (Lipinski definition) is 8. The van der Waals surface area contributed by atoms with Crippen molar-refractivity contribution in [2.75, 3.05) is 57.9 Å². The van der Waals surface area contributed by atoms with Gasteiger partial charge in [0, 0.05) is 21.3 Å². The van der Waals surface area contributed by atoms with Crippen LogP contribution in [0.25, 0.3) is 33.5 Å². The lowest BCUT2D eigenvalue weighted by molar-refractivity contribution is -0.0591. The number of aliphatic hydroxyl groups excluding tert-OH is 2. The van der Waals surface area contributed by atoms with Crippen LogP contribution >= 0.6 is 21.0 Å². The van der Waals surface area contributed by atoms with Crippen LogP contribution in [0, 0.1) is 0 Å². The van der Waals surface area contributed by atoms with Crippen LogP contribution in [0.15, 0.2) is 38.0 Å². The average molecular weight is 1080 g/mol. The number of imidazole rings is 3. The van der Waals surface area contributed by atoms with Crippen LogP contribution in [-0.4, -0.2) is 179 Å². The molecule has 31 nitrogen and oxygen atoms in total. The van der Waals surface area contributed by atoms with Crippen molar-refractivity contribution in [2.45, 2.75) is 80.0 Å². The van der Waals surface area contributed by atoms with Gasteiger partial charge in [-0.25, -0.2) is 44.9 Å². The molecule has 6 aromatic heterocycles. The third-order valence-electron chi connectivity index (χ3n) is 11.7. The normalized spacial score (nSPS) is 30.9. The Morgan fingerprint density at radius 3 is 1.43 bits per heavy atom. The molecule has 0 saturated carbocycles. The van der Waals surface area contributed by atoms with Crippen LogP contribution in [0.2, 0.25) is 0 Å². The fourth-order valence-electron chi connectivity index (χ4n) is 8.38. The van der Waals surface area contributed by atoms with Crippen LogP contribution in [0.3, 0.4) is 0 Å². The lowest BCUT2D eigenvalue weighted by Crippen LogP contribution is -2.38. The quantitative estimate of drug-likeness (QED) is 0.0458. The van der Waals surface area contributed by atoms with Crippen LogP contribution in [-0.2, 0) is 74.5 Å². The Morgan fingerprint density at radius 2 is 0.986 bits per heavy atom. The van der Waals surface area contributed by atoms with Gasteiger partial charge in [-0.15, -0.1) is 0 Å². The van der Waals surface area contributed by atoms with Crippen molar-refractivity contribution in [1.29, 1.82) is 0 Å². The predicted octanol–water partition coefficient (Wildman–Crippen LogP) is -0.844. The van der Waals surface area contributed by atoms with Crippen molar-refractivity contribution in [2.24, 2.45) is 0 Å². The van der Waals surface area contributed by atoms with Crippen LogP contribution < -0.4 is 17.2 Å². The highest BCUT2D eigenvalue weighted by atomic mass is 32.5. The summed E-state index contributed by atoms with van der Waals surface area (Å²) in [6.45, 7) is -9.87. The van der Waals surface area contributed by atoms with Gasteiger partial charge in [0.05, 0.1) is 44.5 Å². The van der Waals surface area contributed by atoms with E-state index < -0.39 is 108 Å². The summed E-state index contributed by atoms with van der Waals surface area (Å²) < 4.78 is 75.9. The first-order valence-corrected chi connectivity index (χ1v) is 27.6. The van der Waals surface area contributed by atoms with Crippen molar-refractivity contribution in [3.63, 3.8) is 0 Å². The molecule has 70 heavy (non-hydrogen) atoms. The van der Waals surface area contributed by atoms with Gasteiger partial charge >= 0.3 is 21.0 Å². The Balaban J connectivity index is 0.940. The molecule has 0 spiro atoms. The number of nitrogens with two attached hydrogens (primary N) is 3. The summed E-state index contributed by atoms with van der Waals surface area (Å²) in [7, 11) is -0.245. The summed E-state index contributed by atoms with van der Waals surface area (Å²) in [6, 6.07) is 0. The van der Waals surface area contributed by atoms with Crippen molar-refractivity contribution in [1.82, 2.24) is 58.6 Å². The zero-order valence-corrected chi connectivity index (χ0v) is 41.0. The number of nitrogen functional groups attached to an aromatic ring is 3. The smallest absolute Gasteiger partial charge is 0.327 e. The first kappa shape index (κ1) is 50.9. The van der Waals surface area contributed by atoms with Crippen molar-refractivity contribution in [3.8, 4) is 0 Å². The number of hydrogen-bond acceptors (Lipinski definition) is 27. The Hall–Kier alpha value is -4.02. The van der Waals surface area contributed by atoms with E-state index in [1.165, 1.54) is 65.9 Å². The Bertz CT molecular complexity index is 3010. The second-order valence-corrected chi connectivity index (χ2v) is 23.5. The minimum Gasteiger partial charge on any atom is -0.387 e. The number of aliphatic hydroxyl groups is 2. The van der Waals surface area contributed by atoms with E-state index in [2.05, 4.69) is 44.9 Å². The van der Waals surface area contributed by atoms with E-state index in [-0.39, 0.29) is 63.5 Å². The van der Waals surface area contributed by atoms with Gasteiger partial charge in [-0.05, 0) is 30.0 Å². The summed E-state index contributed by atoms with van der Waals surface area (Å²) >= 11 is 11.0. The second-order valence-electron chi connectivity index (χ2n) is 15.8. The van der Waals surface area contributed by atoms with Crippen LogP contribution in [0.4, 0.5) is 17.5 Å². The van der Waals surface area contributed by atoms with Crippen molar-refractivity contribution < 1.29 is 75.8 Å². The lowest BCUT2D eigenvalue weighted by atomic mass is 10.1. The molecule has 3 fully saturated rings. The fraction of sp³-hybridized carbons (Fsp3) is 0.559. The monoisotopic (exact) mass is 1080 g/mol. The molecule has 380 valence electrons. The standard InChI is InChI=1S/C34H46N15O16P3S2/c1-56-22-14(4-5-66(52,53)58-3)61-33(48-12-45-18-27(36)39-9-42-30(18)48)24(22)64-68(55,70)60-7-16-23(57-2)25(34(63-16)49-13-46-19-28(37)40-10-43-31(19)49)65-67(54,69)59-6-15-20(50)21(51)32(62-15)47-11-44-17-26(35)38-8-41-29(17)47/h8-16,20-25,32-34,50-51H,4-7H2,1-3H3,(H,52,53)(H,54,69)(H,55,70)(H2,35,38,41)(H2,36,39,42)(H2,37,40,43)/t14-,15-,16-,20-,21-,22-,23-,24-,25-,32-,33-,34-,67+,68+/m1/s1. The molecule has 1 unspecified atom stereocenters. The number of methoxy groups -OCH3 is 2. The molecule has 0 amide bonds. The van der Waals surface area contributed by atoms with Gasteiger partial charge in [0.2, 0.25) is 0 Å². The summed E-state index contributed by atoms with van der Waals surface area (Å²) in [5.74, 6) is 0.201. The summed E-state index contributed by atoms with van der Waals surface area (Å²) in [6.07, 6.45) is -7.69. The molecule has 36 heteroatoms. The highest BCUT2D eigenvalue weighted by Gasteiger charge is 2.53. The summed E-state index contributed by atoms with van der Waals surface area (Å²) in [5, 5.41) is 22.0. The summed E-state index contributed by atoms with van der Waals surface area (Å²) in [4.78, 5) is 71.0. The molecule has 3 saturated heterocycles. The molecule has 3 aliphatic heterocycles. The molecule has 9 heterocycles. The molecule has 3 aliphatic rings. The lowest BCUT2D eigenvalue weighted by Gasteiger charge is -2.29. The molecule has 0 radical (unpaired) electrons. The van der Waals surface area contributed by atoms with Gasteiger partial charge in [0.15, 0.2) is 53.1 Å². The maximum absolute atomic E-state index is 12.5. The number of rotatable bonds is 19. The Kier molecular flexibility index (Phi) is 14.6. The second kappa shape index (κ2) is 20.1. The maximum atomic E-state index is 12.5. The minimum absolute atomic E-state index is 0.0424. The van der Waals surface area contributed by atoms with Gasteiger partial charge in [-0.3, -0.25) is 27.3 Å². The molecule has 0 aliphatic carbocycles. The van der Waals surface area contributed by atoms with E-state index in [4.69, 9.17) is 87.1 Å². The van der Waals surface area contributed by atoms with Crippen LogP contribution in [0.1, 0.15) is 25.1 Å². The number of aromatic nitrogens is 12. The molecular formula is C34H46N15O16P3S2. The fourth-order valence-corrected chi connectivity index (χ4v) is 12.0. The van der Waals surface area contributed by atoms with E-state index in [1.807, 2.05) is 0 Å². The molecule has 0 aromatic carbocycles. The van der Waals surface area contributed by atoms with E-state index in [0.29, 0.717) is 0 Å². The number of nitrogens with zero attached hydrogens (tertiary/aromatic N) is 12. The SMILES string of the molecule is CO[C@H]1[C@@H](O[P@@](O)(=S)OC[C@H]2O[C@@H](n3cnc4c(N)ncnc43)[C@H](O[P@@](O)(=S)OC[C@H]3O[C@@H](n4cnc5c(N)ncnc54)[C@H](O)[C@@H]3O)[C@@H]2OC)[C@H](n2cnc3c(N)ncnc32)O[C@@H]1CCP(=O)(O)OC. The topological polar surface area (TPSA) is 419 Å². The molecular weight excluding hydrogens is 1030 g/mol. The van der Waals surface area contributed by atoms with Crippen molar-refractivity contribution in [3.05, 3.63) is 38.0 Å². The summed E-state index contributed by atoms with van der Waals surface area (Å²) in [5.41, 5.74) is 19.4. The number of ether oxygens (including phenoxy) is 5. The van der Waals surface area contributed by atoms with Gasteiger partial charge < -0.3 is 79.3 Å². The molecule has 15 atom stereocenters. The Labute approximate surface area is 404 Å². The predicted molar refractivity (Wildman–Crippen MR) is 246 cm³/mol. The third kappa shape index (κ3) is 9.92.